The molecule has 1 N–H and O–H groups in total. The van der Waals surface area contributed by atoms with Crippen LogP contribution in [0.15, 0.2) is 0 Å². The van der Waals surface area contributed by atoms with Gasteiger partial charge in [-0.25, -0.2) is 4.39 Å². The number of halogens is 1. The number of nitriles is 1. The lowest BCUT2D eigenvalue weighted by Crippen LogP contribution is -2.56. The van der Waals surface area contributed by atoms with Crippen molar-refractivity contribution in [3.05, 3.63) is 0 Å². The van der Waals surface area contributed by atoms with Gasteiger partial charge in [0.2, 0.25) is 5.91 Å². The average molecular weight is 381 g/mol. The number of carbonyl (C=O) groups is 1. The van der Waals surface area contributed by atoms with Gasteiger partial charge >= 0.3 is 0 Å². The topological polar surface area (TPSA) is 68.6 Å². The van der Waals surface area contributed by atoms with Crippen molar-refractivity contribution in [1.29, 1.82) is 5.26 Å². The number of hydrogen-bond donors (Lipinski definition) is 1. The summed E-state index contributed by atoms with van der Waals surface area (Å²) >= 11 is 0. The zero-order valence-electron chi connectivity index (χ0n) is 16.8. The Balaban J connectivity index is 1.57. The van der Waals surface area contributed by atoms with Crippen LogP contribution >= 0.6 is 0 Å². The molecule has 0 spiro atoms. The van der Waals surface area contributed by atoms with Gasteiger partial charge < -0.3 is 15.0 Å². The molecule has 2 heterocycles. The number of amides is 1. The van der Waals surface area contributed by atoms with Crippen LogP contribution in [0.2, 0.25) is 0 Å². The first-order valence-corrected chi connectivity index (χ1v) is 10.1. The molecule has 3 rings (SSSR count). The van der Waals surface area contributed by atoms with Crippen LogP contribution < -0.4 is 5.32 Å². The molecular weight excluding hydrogens is 347 g/mol. The molecule has 0 aromatic carbocycles. The minimum absolute atomic E-state index is 0.0356. The Kier molecular flexibility index (Phi) is 6.09. The van der Waals surface area contributed by atoms with Crippen molar-refractivity contribution in [2.45, 2.75) is 57.8 Å². The van der Waals surface area contributed by atoms with E-state index in [1.54, 1.807) is 0 Å². The van der Waals surface area contributed by atoms with Gasteiger partial charge in [-0.2, -0.15) is 5.26 Å². The largest absolute Gasteiger partial charge is 0.379 e. The zero-order chi connectivity index (χ0) is 19.7. The molecule has 0 radical (unpaired) electrons. The number of nitrogens with zero attached hydrogens (tertiary/aromatic N) is 3. The van der Waals surface area contributed by atoms with E-state index in [2.05, 4.69) is 37.1 Å². The maximum Gasteiger partial charge on any atom is 0.237 e. The van der Waals surface area contributed by atoms with Crippen molar-refractivity contribution in [1.82, 2.24) is 15.1 Å². The first kappa shape index (κ1) is 20.5. The Morgan fingerprint density at radius 3 is 2.70 bits per heavy atom. The highest BCUT2D eigenvalue weighted by Crippen LogP contribution is 2.50. The van der Waals surface area contributed by atoms with Crippen LogP contribution in [0.1, 0.15) is 40.0 Å². The van der Waals surface area contributed by atoms with Gasteiger partial charge in [0.25, 0.3) is 0 Å². The lowest BCUT2D eigenvalue weighted by atomic mass is 9.71. The number of likely N-dealkylation sites (tertiary alicyclic amines) is 1. The highest BCUT2D eigenvalue weighted by Gasteiger charge is 2.51. The van der Waals surface area contributed by atoms with Gasteiger partial charge in [-0.15, -0.1) is 0 Å². The number of carbonyl (C=O) groups excluding carboxylic acids is 1. The summed E-state index contributed by atoms with van der Waals surface area (Å²) in [4.78, 5) is 16.5. The molecule has 2 saturated heterocycles. The van der Waals surface area contributed by atoms with Crippen molar-refractivity contribution < 1.29 is 13.9 Å². The van der Waals surface area contributed by atoms with Crippen LogP contribution in [0, 0.1) is 22.7 Å². The second-order valence-corrected chi connectivity index (χ2v) is 9.08. The summed E-state index contributed by atoms with van der Waals surface area (Å²) in [6, 6.07) is 1.42. The van der Waals surface area contributed by atoms with E-state index in [1.165, 1.54) is 4.90 Å². The third-order valence-electron chi connectivity index (χ3n) is 7.37. The van der Waals surface area contributed by atoms with Crippen molar-refractivity contribution in [2.24, 2.45) is 11.3 Å². The summed E-state index contributed by atoms with van der Waals surface area (Å²) in [5.41, 5.74) is -0.121. The number of rotatable bonds is 5. The van der Waals surface area contributed by atoms with Gasteiger partial charge in [-0.3, -0.25) is 9.69 Å². The standard InChI is InChI=1S/C20H33FN4O2/c1-19(2)15(13-24-6-8-27-9-7-24)4-5-20(19,3)23-12-18(26)25-14-16(21)10-17(25)11-22/h15-17,23H,4-10,12-14H2,1-3H3/t15?,16-,17-,20?/m0/s1. The zero-order valence-corrected chi connectivity index (χ0v) is 16.8. The monoisotopic (exact) mass is 380 g/mol. The normalized spacial score (nSPS) is 36.7. The molecule has 2 unspecified atom stereocenters. The molecule has 4 atom stereocenters. The molecule has 3 aliphatic rings. The average Bonchev–Trinajstić information content (AvgIpc) is 3.13. The maximum absolute atomic E-state index is 13.6. The van der Waals surface area contributed by atoms with E-state index < -0.39 is 12.2 Å². The summed E-state index contributed by atoms with van der Waals surface area (Å²) in [5.74, 6) is 0.382. The second-order valence-electron chi connectivity index (χ2n) is 9.08. The van der Waals surface area contributed by atoms with Crippen LogP contribution in [0.5, 0.6) is 0 Å². The molecular formula is C20H33FN4O2. The Bertz CT molecular complexity index is 587. The lowest BCUT2D eigenvalue weighted by Gasteiger charge is -2.44. The minimum atomic E-state index is -1.09. The van der Waals surface area contributed by atoms with Crippen LogP contribution in [0.25, 0.3) is 0 Å². The van der Waals surface area contributed by atoms with E-state index in [4.69, 9.17) is 10.00 Å². The third-order valence-corrected chi connectivity index (χ3v) is 7.37. The summed E-state index contributed by atoms with van der Waals surface area (Å²) < 4.78 is 19.1. The molecule has 6 nitrogen and oxygen atoms in total. The van der Waals surface area contributed by atoms with Gasteiger partial charge in [-0.05, 0) is 31.1 Å². The highest BCUT2D eigenvalue weighted by atomic mass is 19.1. The second kappa shape index (κ2) is 8.02. The van der Waals surface area contributed by atoms with Crippen LogP contribution in [-0.4, -0.2) is 79.4 Å². The fourth-order valence-corrected chi connectivity index (χ4v) is 4.88. The van der Waals surface area contributed by atoms with Crippen LogP contribution in [-0.2, 0) is 9.53 Å². The highest BCUT2D eigenvalue weighted by molar-refractivity contribution is 5.79. The van der Waals surface area contributed by atoms with E-state index in [0.717, 1.165) is 45.7 Å². The number of nitrogens with one attached hydrogen (secondary N) is 1. The van der Waals surface area contributed by atoms with Crippen molar-refractivity contribution in [3.8, 4) is 6.07 Å². The molecule has 27 heavy (non-hydrogen) atoms. The SMILES string of the molecule is CC1(NCC(=O)N2C[C@@H](F)C[C@H]2C#N)CCC(CN2CCOCC2)C1(C)C. The Hall–Kier alpha value is -1.23. The van der Waals surface area contributed by atoms with Gasteiger partial charge in [0.1, 0.15) is 12.2 Å². The quantitative estimate of drug-likeness (QED) is 0.784. The van der Waals surface area contributed by atoms with E-state index in [9.17, 15) is 9.18 Å². The third kappa shape index (κ3) is 4.13. The van der Waals surface area contributed by atoms with E-state index >= 15 is 0 Å². The summed E-state index contributed by atoms with van der Waals surface area (Å²) in [5, 5.41) is 12.6. The van der Waals surface area contributed by atoms with Gasteiger partial charge in [0, 0.05) is 31.6 Å². The number of alkyl halides is 1. The van der Waals surface area contributed by atoms with E-state index in [1.807, 2.05) is 0 Å². The van der Waals surface area contributed by atoms with Crippen LogP contribution in [0.4, 0.5) is 4.39 Å². The molecule has 1 aliphatic carbocycles. The lowest BCUT2D eigenvalue weighted by molar-refractivity contribution is -0.131. The molecule has 7 heteroatoms. The fraction of sp³-hybridized carbons (Fsp3) is 0.900. The van der Waals surface area contributed by atoms with Gasteiger partial charge in [0.05, 0.1) is 32.4 Å². The Morgan fingerprint density at radius 1 is 1.33 bits per heavy atom. The first-order chi connectivity index (χ1) is 12.8. The number of hydrogen-bond acceptors (Lipinski definition) is 5. The number of morpholine rings is 1. The molecule has 0 aromatic rings. The van der Waals surface area contributed by atoms with Gasteiger partial charge in [0.15, 0.2) is 0 Å². The number of ether oxygens (including phenoxy) is 1. The minimum Gasteiger partial charge on any atom is -0.379 e. The smallest absolute Gasteiger partial charge is 0.237 e. The Morgan fingerprint density at radius 2 is 2.04 bits per heavy atom. The Labute approximate surface area is 162 Å². The molecule has 152 valence electrons. The molecule has 3 fully saturated rings. The predicted octanol–water partition coefficient (Wildman–Crippen LogP) is 1.57. The molecule has 0 bridgehead atoms. The van der Waals surface area contributed by atoms with E-state index in [0.29, 0.717) is 5.92 Å². The predicted molar refractivity (Wildman–Crippen MR) is 101 cm³/mol. The van der Waals surface area contributed by atoms with Crippen molar-refractivity contribution >= 4 is 5.91 Å². The first-order valence-electron chi connectivity index (χ1n) is 10.1. The molecule has 1 saturated carbocycles. The summed E-state index contributed by atoms with van der Waals surface area (Å²) in [6.45, 7) is 11.6. The summed E-state index contributed by atoms with van der Waals surface area (Å²) in [6.07, 6.45) is 1.18. The van der Waals surface area contributed by atoms with Crippen molar-refractivity contribution in [2.75, 3.05) is 45.9 Å². The molecule has 1 amide bonds. The van der Waals surface area contributed by atoms with E-state index in [-0.39, 0.29) is 36.4 Å². The molecule has 2 aliphatic heterocycles. The molecule has 0 aromatic heterocycles. The van der Waals surface area contributed by atoms with Crippen LogP contribution in [0.3, 0.4) is 0 Å². The maximum atomic E-state index is 13.6. The van der Waals surface area contributed by atoms with Crippen molar-refractivity contribution in [3.63, 3.8) is 0 Å². The summed E-state index contributed by atoms with van der Waals surface area (Å²) in [7, 11) is 0. The van der Waals surface area contributed by atoms with Gasteiger partial charge in [-0.1, -0.05) is 13.8 Å². The fourth-order valence-electron chi connectivity index (χ4n) is 4.88.